The molecule has 0 aliphatic heterocycles. The number of anilines is 2. The molecule has 0 saturated carbocycles. The average molecular weight is 461 g/mol. The number of hydrogen-bond donors (Lipinski definition) is 0. The Kier molecular flexibility index (Phi) is 3.80. The Labute approximate surface area is 174 Å². The highest BCUT2D eigenvalue weighted by Gasteiger charge is 2.35. The van der Waals surface area contributed by atoms with Crippen molar-refractivity contribution >= 4 is 45.0 Å². The van der Waals surface area contributed by atoms with E-state index >= 15 is 0 Å². The van der Waals surface area contributed by atoms with E-state index in [2.05, 4.69) is 125 Å². The second-order valence-corrected chi connectivity index (χ2v) is 8.64. The first-order chi connectivity index (χ1) is 13.1. The summed E-state index contributed by atoms with van der Waals surface area (Å²) in [6, 6.07) is 30.8. The molecule has 2 heteroatoms. The third-order valence-electron chi connectivity index (χ3n) is 5.77. The van der Waals surface area contributed by atoms with Gasteiger partial charge in [-0.2, -0.15) is 0 Å². The molecule has 0 atom stereocenters. The zero-order valence-electron chi connectivity index (χ0n) is 15.4. The molecular weight excluding hydrogens is 441 g/mol. The Balaban J connectivity index is 1.65. The van der Waals surface area contributed by atoms with Crippen LogP contribution in [0.1, 0.15) is 25.0 Å². The zero-order valence-corrected chi connectivity index (χ0v) is 17.6. The number of rotatable bonds is 2. The smallest absolute Gasteiger partial charge is 0.0646 e. The summed E-state index contributed by atoms with van der Waals surface area (Å²) in [6.45, 7) is 4.66. The van der Waals surface area contributed by atoms with Crippen LogP contribution in [0.5, 0.6) is 0 Å². The lowest BCUT2D eigenvalue weighted by atomic mass is 9.82. The quantitative estimate of drug-likeness (QED) is 0.219. The molecule has 5 rings (SSSR count). The molecule has 0 amide bonds. The fourth-order valence-electron chi connectivity index (χ4n) is 4.33. The molecule has 0 unspecified atom stereocenters. The van der Waals surface area contributed by atoms with Crippen LogP contribution in [0.25, 0.3) is 21.9 Å². The Morgan fingerprint density at radius 3 is 2.30 bits per heavy atom. The molecule has 0 N–H and O–H groups in total. The second kappa shape index (κ2) is 6.10. The molecule has 1 nitrogen and oxygen atoms in total. The van der Waals surface area contributed by atoms with Crippen LogP contribution < -0.4 is 3.11 Å². The van der Waals surface area contributed by atoms with E-state index in [1.54, 1.807) is 0 Å². The molecule has 0 heterocycles. The predicted molar refractivity (Wildman–Crippen MR) is 124 cm³/mol. The van der Waals surface area contributed by atoms with Gasteiger partial charge in [0.1, 0.15) is 0 Å². The Hall–Kier alpha value is -2.33. The van der Waals surface area contributed by atoms with Crippen molar-refractivity contribution in [3.63, 3.8) is 0 Å². The van der Waals surface area contributed by atoms with Crippen molar-refractivity contribution in [3.05, 3.63) is 96.1 Å². The van der Waals surface area contributed by atoms with E-state index < -0.39 is 0 Å². The second-order valence-electron chi connectivity index (χ2n) is 7.68. The van der Waals surface area contributed by atoms with E-state index in [0.29, 0.717) is 0 Å². The molecule has 27 heavy (non-hydrogen) atoms. The third kappa shape index (κ3) is 2.50. The highest BCUT2D eigenvalue weighted by atomic mass is 127. The largest absolute Gasteiger partial charge is 0.282 e. The van der Waals surface area contributed by atoms with Gasteiger partial charge in [0, 0.05) is 10.8 Å². The van der Waals surface area contributed by atoms with Crippen molar-refractivity contribution in [2.75, 3.05) is 3.11 Å². The van der Waals surface area contributed by atoms with E-state index in [9.17, 15) is 0 Å². The summed E-state index contributed by atoms with van der Waals surface area (Å²) in [5.74, 6) is 0. The average Bonchev–Trinajstić information content (AvgIpc) is 2.94. The van der Waals surface area contributed by atoms with Gasteiger partial charge in [-0.05, 0) is 45.8 Å². The number of nitrogens with zero attached hydrogens (tertiary/aromatic N) is 1. The van der Waals surface area contributed by atoms with Gasteiger partial charge in [-0.1, -0.05) is 80.6 Å². The minimum atomic E-state index is 0.0260. The molecule has 0 bridgehead atoms. The first kappa shape index (κ1) is 16.8. The molecule has 0 radical (unpaired) electrons. The topological polar surface area (TPSA) is 3.24 Å². The van der Waals surface area contributed by atoms with E-state index in [1.807, 2.05) is 0 Å². The summed E-state index contributed by atoms with van der Waals surface area (Å²) in [7, 11) is 0. The molecule has 132 valence electrons. The van der Waals surface area contributed by atoms with Crippen molar-refractivity contribution in [3.8, 4) is 11.1 Å². The number of benzene rings is 4. The van der Waals surface area contributed by atoms with E-state index in [4.69, 9.17) is 0 Å². The molecule has 0 saturated heterocycles. The maximum Gasteiger partial charge on any atom is 0.0646 e. The minimum absolute atomic E-state index is 0.0260. The summed E-state index contributed by atoms with van der Waals surface area (Å²) >= 11 is 2.43. The van der Waals surface area contributed by atoms with Crippen LogP contribution in [0.2, 0.25) is 0 Å². The molecule has 4 aromatic rings. The summed E-state index contributed by atoms with van der Waals surface area (Å²) in [4.78, 5) is 0. The molecular formula is C25H20IN. The fourth-order valence-corrected chi connectivity index (χ4v) is 5.05. The molecule has 4 aromatic carbocycles. The first-order valence-corrected chi connectivity index (χ1v) is 10.2. The molecule has 0 fully saturated rings. The monoisotopic (exact) mass is 461 g/mol. The maximum absolute atomic E-state index is 2.43. The van der Waals surface area contributed by atoms with E-state index in [1.165, 1.54) is 44.4 Å². The van der Waals surface area contributed by atoms with Gasteiger partial charge in [-0.15, -0.1) is 0 Å². The van der Waals surface area contributed by atoms with Gasteiger partial charge in [-0.3, -0.25) is 3.11 Å². The van der Waals surface area contributed by atoms with Crippen LogP contribution >= 0.6 is 22.9 Å². The standard InChI is InChI=1S/C25H20IN/c1-25(2)22-12-6-5-11-20(22)21-15-14-18(16-23(21)25)27(26)24-13-7-9-17-8-3-4-10-19(17)24/h3-16H,1-2H3. The van der Waals surface area contributed by atoms with Crippen LogP contribution in [0, 0.1) is 0 Å². The Morgan fingerprint density at radius 1 is 0.704 bits per heavy atom. The van der Waals surface area contributed by atoms with Crippen LogP contribution in [-0.2, 0) is 5.41 Å². The Morgan fingerprint density at radius 2 is 1.41 bits per heavy atom. The lowest BCUT2D eigenvalue weighted by Crippen LogP contribution is -2.15. The van der Waals surface area contributed by atoms with Crippen molar-refractivity contribution < 1.29 is 0 Å². The fraction of sp³-hybridized carbons (Fsp3) is 0.120. The van der Waals surface area contributed by atoms with Crippen LogP contribution in [0.3, 0.4) is 0 Å². The summed E-state index contributed by atoms with van der Waals surface area (Å²) in [5, 5.41) is 2.54. The van der Waals surface area contributed by atoms with Gasteiger partial charge in [0.05, 0.1) is 34.2 Å². The molecule has 1 aliphatic rings. The number of hydrogen-bond acceptors (Lipinski definition) is 1. The van der Waals surface area contributed by atoms with Crippen LogP contribution in [-0.4, -0.2) is 0 Å². The van der Waals surface area contributed by atoms with Crippen molar-refractivity contribution in [1.29, 1.82) is 0 Å². The van der Waals surface area contributed by atoms with Gasteiger partial charge in [0.15, 0.2) is 0 Å². The number of halogens is 1. The van der Waals surface area contributed by atoms with Gasteiger partial charge in [0.25, 0.3) is 0 Å². The van der Waals surface area contributed by atoms with Gasteiger partial charge in [-0.25, -0.2) is 0 Å². The summed E-state index contributed by atoms with van der Waals surface area (Å²) < 4.78 is 2.28. The van der Waals surface area contributed by atoms with E-state index in [-0.39, 0.29) is 5.41 Å². The van der Waals surface area contributed by atoms with E-state index in [0.717, 1.165) is 0 Å². The highest BCUT2D eigenvalue weighted by Crippen LogP contribution is 2.50. The van der Waals surface area contributed by atoms with Crippen LogP contribution in [0.15, 0.2) is 84.9 Å². The maximum atomic E-state index is 2.43. The van der Waals surface area contributed by atoms with Gasteiger partial charge in [0.2, 0.25) is 0 Å². The van der Waals surface area contributed by atoms with Gasteiger partial charge >= 0.3 is 0 Å². The zero-order chi connectivity index (χ0) is 18.6. The van der Waals surface area contributed by atoms with Crippen molar-refractivity contribution in [2.45, 2.75) is 19.3 Å². The molecule has 1 aliphatic carbocycles. The lowest BCUT2D eigenvalue weighted by molar-refractivity contribution is 0.660. The van der Waals surface area contributed by atoms with Crippen LogP contribution in [0.4, 0.5) is 11.4 Å². The normalized spacial score (nSPS) is 14.0. The molecule has 0 aromatic heterocycles. The summed E-state index contributed by atoms with van der Waals surface area (Å²) in [6.07, 6.45) is 0. The minimum Gasteiger partial charge on any atom is -0.282 e. The predicted octanol–water partition coefficient (Wildman–Crippen LogP) is 7.63. The SMILES string of the molecule is CC1(C)c2ccccc2-c2ccc(N(I)c3cccc4ccccc34)cc21. The van der Waals surface area contributed by atoms with Gasteiger partial charge < -0.3 is 0 Å². The highest BCUT2D eigenvalue weighted by molar-refractivity contribution is 14.1. The molecule has 0 spiro atoms. The Bertz CT molecular complexity index is 1170. The van der Waals surface area contributed by atoms with Crippen molar-refractivity contribution in [2.24, 2.45) is 0 Å². The summed E-state index contributed by atoms with van der Waals surface area (Å²) in [5.41, 5.74) is 8.02. The number of fused-ring (bicyclic) bond motifs is 4. The third-order valence-corrected chi connectivity index (χ3v) is 6.85. The van der Waals surface area contributed by atoms with Crippen molar-refractivity contribution in [1.82, 2.24) is 0 Å². The first-order valence-electron chi connectivity index (χ1n) is 9.25. The lowest BCUT2D eigenvalue weighted by Gasteiger charge is -2.24.